The number of esters is 1. The zero-order valence-electron chi connectivity index (χ0n) is 15.8. The monoisotopic (exact) mass is 354 g/mol. The molecule has 0 N–H and O–H groups in total. The maximum absolute atomic E-state index is 12.2. The second-order valence-corrected chi connectivity index (χ2v) is 6.65. The number of carbonyl (C=O) groups excluding carboxylic acids is 2. The van der Waals surface area contributed by atoms with Crippen molar-refractivity contribution in [2.24, 2.45) is 0 Å². The molecule has 0 fully saturated rings. The third-order valence-electron chi connectivity index (χ3n) is 4.10. The number of rotatable bonds is 8. The highest BCUT2D eigenvalue weighted by Gasteiger charge is 2.44. The van der Waals surface area contributed by atoms with Gasteiger partial charge in [-0.25, -0.2) is 0 Å². The van der Waals surface area contributed by atoms with Gasteiger partial charge in [0.25, 0.3) is 0 Å². The number of Topliss-reactive ketones (excluding diaryl/α,β-unsaturated/α-hetero) is 1. The smallest absolute Gasteiger partial charge is 0.313 e. The van der Waals surface area contributed by atoms with E-state index in [2.05, 4.69) is 0 Å². The van der Waals surface area contributed by atoms with Crippen molar-refractivity contribution in [2.45, 2.75) is 51.9 Å². The van der Waals surface area contributed by atoms with Crippen LogP contribution in [-0.4, -0.2) is 24.0 Å². The average Bonchev–Trinajstić information content (AvgIpc) is 2.60. The average molecular weight is 354 g/mol. The quantitative estimate of drug-likeness (QED) is 0.525. The van der Waals surface area contributed by atoms with Crippen LogP contribution in [0.2, 0.25) is 0 Å². The van der Waals surface area contributed by atoms with E-state index in [0.717, 1.165) is 11.1 Å². The Bertz CT molecular complexity index is 683. The maximum Gasteiger partial charge on any atom is 0.313 e. The first-order valence-electron chi connectivity index (χ1n) is 8.84. The molecule has 0 aliphatic carbocycles. The van der Waals surface area contributed by atoms with Crippen molar-refractivity contribution in [2.75, 3.05) is 0 Å². The zero-order chi connectivity index (χ0) is 19.2. The standard InChI is InChI=1S/C22H26O4/c1-16(2)26-22(19-11-7-5-8-12-19,20-13-9-6-10-14-20)18(4)25-21(24)15-17(3)23/h5-14,16,18H,15H2,1-4H3. The highest BCUT2D eigenvalue weighted by Crippen LogP contribution is 2.39. The van der Waals surface area contributed by atoms with Crippen LogP contribution in [0.3, 0.4) is 0 Å². The first-order valence-corrected chi connectivity index (χ1v) is 8.84. The van der Waals surface area contributed by atoms with Crippen LogP contribution >= 0.6 is 0 Å². The fourth-order valence-corrected chi connectivity index (χ4v) is 3.14. The molecule has 0 radical (unpaired) electrons. The number of benzene rings is 2. The molecule has 2 aromatic carbocycles. The SMILES string of the molecule is CC(=O)CC(=O)OC(C)C(OC(C)C)(c1ccccc1)c1ccccc1. The lowest BCUT2D eigenvalue weighted by atomic mass is 9.81. The van der Waals surface area contributed by atoms with Gasteiger partial charge in [0.05, 0.1) is 6.10 Å². The first-order chi connectivity index (χ1) is 12.4. The van der Waals surface area contributed by atoms with E-state index in [-0.39, 0.29) is 18.3 Å². The fourth-order valence-electron chi connectivity index (χ4n) is 3.14. The molecule has 0 aliphatic rings. The molecule has 2 aromatic rings. The third kappa shape index (κ3) is 4.58. The minimum Gasteiger partial charge on any atom is -0.458 e. The summed E-state index contributed by atoms with van der Waals surface area (Å²) in [6.07, 6.45) is -0.975. The maximum atomic E-state index is 12.2. The largest absolute Gasteiger partial charge is 0.458 e. The Morgan fingerprint density at radius 1 is 0.885 bits per heavy atom. The van der Waals surface area contributed by atoms with Crippen LogP contribution in [0.4, 0.5) is 0 Å². The van der Waals surface area contributed by atoms with Crippen LogP contribution in [-0.2, 0) is 24.7 Å². The Hall–Kier alpha value is -2.46. The minimum absolute atomic E-state index is 0.107. The van der Waals surface area contributed by atoms with Gasteiger partial charge in [-0.05, 0) is 38.8 Å². The number of carbonyl (C=O) groups is 2. The van der Waals surface area contributed by atoms with Gasteiger partial charge in [-0.3, -0.25) is 9.59 Å². The Morgan fingerprint density at radius 3 is 1.73 bits per heavy atom. The second kappa shape index (κ2) is 8.77. The van der Waals surface area contributed by atoms with E-state index in [0.29, 0.717) is 0 Å². The molecule has 4 heteroatoms. The van der Waals surface area contributed by atoms with E-state index in [1.807, 2.05) is 74.5 Å². The van der Waals surface area contributed by atoms with Gasteiger partial charge in [-0.2, -0.15) is 0 Å². The molecule has 4 nitrogen and oxygen atoms in total. The first kappa shape index (κ1) is 19.9. The summed E-state index contributed by atoms with van der Waals surface area (Å²) in [4.78, 5) is 23.4. The normalized spacial score (nSPS) is 12.7. The molecule has 1 atom stereocenters. The summed E-state index contributed by atoms with van der Waals surface area (Å²) in [7, 11) is 0. The molecule has 0 amide bonds. The number of hydrogen-bond donors (Lipinski definition) is 0. The lowest BCUT2D eigenvalue weighted by Gasteiger charge is -2.40. The van der Waals surface area contributed by atoms with Gasteiger partial charge < -0.3 is 9.47 Å². The van der Waals surface area contributed by atoms with Gasteiger partial charge in [0.1, 0.15) is 18.3 Å². The van der Waals surface area contributed by atoms with Crippen molar-refractivity contribution in [3.63, 3.8) is 0 Å². The van der Waals surface area contributed by atoms with Crippen molar-refractivity contribution < 1.29 is 19.1 Å². The highest BCUT2D eigenvalue weighted by molar-refractivity contribution is 5.94. The van der Waals surface area contributed by atoms with Crippen LogP contribution in [0, 0.1) is 0 Å². The lowest BCUT2D eigenvalue weighted by Crippen LogP contribution is -2.46. The zero-order valence-corrected chi connectivity index (χ0v) is 15.8. The topological polar surface area (TPSA) is 52.6 Å². The molecular formula is C22H26O4. The Balaban J connectivity index is 2.55. The molecule has 0 aromatic heterocycles. The number of ketones is 1. The van der Waals surface area contributed by atoms with E-state index >= 15 is 0 Å². The molecule has 0 saturated heterocycles. The second-order valence-electron chi connectivity index (χ2n) is 6.65. The van der Waals surface area contributed by atoms with E-state index in [1.54, 1.807) is 6.92 Å². The van der Waals surface area contributed by atoms with E-state index in [1.165, 1.54) is 6.92 Å². The van der Waals surface area contributed by atoms with Crippen molar-refractivity contribution in [1.82, 2.24) is 0 Å². The fraction of sp³-hybridized carbons (Fsp3) is 0.364. The van der Waals surface area contributed by atoms with Crippen LogP contribution in [0.5, 0.6) is 0 Å². The molecular weight excluding hydrogens is 328 g/mol. The molecule has 0 heterocycles. The van der Waals surface area contributed by atoms with Crippen LogP contribution < -0.4 is 0 Å². The summed E-state index contributed by atoms with van der Waals surface area (Å²) < 4.78 is 12.1. The highest BCUT2D eigenvalue weighted by atomic mass is 16.6. The van der Waals surface area contributed by atoms with Crippen LogP contribution in [0.15, 0.2) is 60.7 Å². The van der Waals surface area contributed by atoms with Crippen molar-refractivity contribution in [1.29, 1.82) is 0 Å². The molecule has 26 heavy (non-hydrogen) atoms. The molecule has 0 saturated carbocycles. The molecule has 2 rings (SSSR count). The van der Waals surface area contributed by atoms with E-state index < -0.39 is 17.7 Å². The van der Waals surface area contributed by atoms with Gasteiger partial charge in [0.2, 0.25) is 0 Å². The van der Waals surface area contributed by atoms with Gasteiger partial charge in [-0.15, -0.1) is 0 Å². The van der Waals surface area contributed by atoms with Gasteiger partial charge in [0, 0.05) is 0 Å². The summed E-state index contributed by atoms with van der Waals surface area (Å²) in [5.41, 5.74) is 0.814. The molecule has 0 bridgehead atoms. The predicted molar refractivity (Wildman–Crippen MR) is 101 cm³/mol. The summed E-state index contributed by atoms with van der Waals surface area (Å²) in [6, 6.07) is 19.4. The van der Waals surface area contributed by atoms with Crippen LogP contribution in [0.25, 0.3) is 0 Å². The summed E-state index contributed by atoms with van der Waals surface area (Å²) in [5, 5.41) is 0. The van der Waals surface area contributed by atoms with E-state index in [9.17, 15) is 9.59 Å². The van der Waals surface area contributed by atoms with Gasteiger partial charge >= 0.3 is 5.97 Å². The number of hydrogen-bond acceptors (Lipinski definition) is 4. The summed E-state index contributed by atoms with van der Waals surface area (Å²) in [6.45, 7) is 7.08. The van der Waals surface area contributed by atoms with Crippen molar-refractivity contribution in [3.05, 3.63) is 71.8 Å². The number of ether oxygens (including phenoxy) is 2. The Morgan fingerprint density at radius 2 is 1.35 bits per heavy atom. The minimum atomic E-state index is -0.969. The van der Waals surface area contributed by atoms with Crippen molar-refractivity contribution >= 4 is 11.8 Å². The molecule has 0 aliphatic heterocycles. The van der Waals surface area contributed by atoms with Gasteiger partial charge in [-0.1, -0.05) is 60.7 Å². The van der Waals surface area contributed by atoms with Crippen LogP contribution in [0.1, 0.15) is 45.2 Å². The summed E-state index contributed by atoms with van der Waals surface area (Å²) in [5.74, 6) is -0.773. The predicted octanol–water partition coefficient (Wildman–Crippen LogP) is 4.27. The molecule has 0 spiro atoms. The van der Waals surface area contributed by atoms with Crippen molar-refractivity contribution in [3.8, 4) is 0 Å². The third-order valence-corrected chi connectivity index (χ3v) is 4.10. The lowest BCUT2D eigenvalue weighted by molar-refractivity contribution is -0.173. The van der Waals surface area contributed by atoms with E-state index in [4.69, 9.17) is 9.47 Å². The summed E-state index contributed by atoms with van der Waals surface area (Å²) >= 11 is 0. The van der Waals surface area contributed by atoms with Gasteiger partial charge in [0.15, 0.2) is 5.60 Å². The Labute approximate surface area is 155 Å². The Kier molecular flexibility index (Phi) is 6.70. The molecule has 1 unspecified atom stereocenters. The molecule has 138 valence electrons.